The van der Waals surface area contributed by atoms with Crippen molar-refractivity contribution in [2.45, 2.75) is 53.2 Å². The van der Waals surface area contributed by atoms with Crippen LogP contribution in [0.5, 0.6) is 0 Å². The molecular weight excluding hydrogens is 258 g/mol. The Balaban J connectivity index is 2.08. The van der Waals surface area contributed by atoms with Crippen molar-refractivity contribution in [3.05, 3.63) is 53.6 Å². The van der Waals surface area contributed by atoms with Crippen LogP contribution in [0.1, 0.15) is 50.6 Å². The molecule has 0 aliphatic heterocycles. The zero-order valence-corrected chi connectivity index (χ0v) is 13.6. The Morgan fingerprint density at radius 3 is 2.43 bits per heavy atom. The lowest BCUT2D eigenvalue weighted by Crippen LogP contribution is -2.26. The second-order valence-corrected chi connectivity index (χ2v) is 5.87. The second-order valence-electron chi connectivity index (χ2n) is 5.87. The molecule has 114 valence electrons. The van der Waals surface area contributed by atoms with Crippen molar-refractivity contribution >= 4 is 0 Å². The van der Waals surface area contributed by atoms with Gasteiger partial charge in [-0.15, -0.1) is 0 Å². The molecule has 1 aromatic carbocycles. The van der Waals surface area contributed by atoms with E-state index in [1.165, 1.54) is 16.8 Å². The van der Waals surface area contributed by atoms with Crippen LogP contribution in [0, 0.1) is 5.92 Å². The summed E-state index contributed by atoms with van der Waals surface area (Å²) in [5.74, 6) is 0.551. The van der Waals surface area contributed by atoms with Crippen LogP contribution < -0.4 is 5.32 Å². The Labute approximate surface area is 128 Å². The van der Waals surface area contributed by atoms with E-state index in [9.17, 15) is 0 Å². The van der Waals surface area contributed by atoms with Crippen molar-refractivity contribution in [2.24, 2.45) is 5.92 Å². The highest BCUT2D eigenvalue weighted by Gasteiger charge is 2.15. The maximum atomic E-state index is 4.23. The third-order valence-electron chi connectivity index (χ3n) is 4.06. The lowest BCUT2D eigenvalue weighted by Gasteiger charge is -2.23. The summed E-state index contributed by atoms with van der Waals surface area (Å²) in [7, 11) is 0. The molecular formula is C18H27N3. The first-order valence-corrected chi connectivity index (χ1v) is 7.96. The van der Waals surface area contributed by atoms with Crippen LogP contribution in [0.4, 0.5) is 0 Å². The van der Waals surface area contributed by atoms with Crippen molar-refractivity contribution in [1.82, 2.24) is 14.9 Å². The fourth-order valence-corrected chi connectivity index (χ4v) is 2.69. The van der Waals surface area contributed by atoms with E-state index in [4.69, 9.17) is 0 Å². The SMILES string of the molecule is CCc1ccc(C(NCc2cncn2CC)C(C)C)cc1. The Bertz CT molecular complexity index is 540. The molecule has 21 heavy (non-hydrogen) atoms. The van der Waals surface area contributed by atoms with Crippen molar-refractivity contribution in [2.75, 3.05) is 0 Å². The molecule has 0 aliphatic rings. The van der Waals surface area contributed by atoms with Gasteiger partial charge >= 0.3 is 0 Å². The highest BCUT2D eigenvalue weighted by molar-refractivity contribution is 5.25. The van der Waals surface area contributed by atoms with Crippen LogP contribution >= 0.6 is 0 Å². The van der Waals surface area contributed by atoms with Crippen LogP contribution in [0.25, 0.3) is 0 Å². The quantitative estimate of drug-likeness (QED) is 0.834. The molecule has 1 unspecified atom stereocenters. The molecule has 0 saturated carbocycles. The molecule has 0 spiro atoms. The van der Waals surface area contributed by atoms with Crippen LogP contribution in [0.2, 0.25) is 0 Å². The summed E-state index contributed by atoms with van der Waals surface area (Å²) in [5.41, 5.74) is 4.00. The summed E-state index contributed by atoms with van der Waals surface area (Å²) >= 11 is 0. The van der Waals surface area contributed by atoms with Crippen molar-refractivity contribution in [1.29, 1.82) is 0 Å². The zero-order chi connectivity index (χ0) is 15.2. The normalized spacial score (nSPS) is 12.8. The third-order valence-corrected chi connectivity index (χ3v) is 4.06. The van der Waals surface area contributed by atoms with Crippen LogP contribution in [0.15, 0.2) is 36.8 Å². The topological polar surface area (TPSA) is 29.9 Å². The average Bonchev–Trinajstić information content (AvgIpc) is 2.95. The first-order valence-electron chi connectivity index (χ1n) is 7.96. The largest absolute Gasteiger partial charge is 0.334 e. The summed E-state index contributed by atoms with van der Waals surface area (Å²) in [5, 5.41) is 3.69. The molecule has 2 aromatic rings. The highest BCUT2D eigenvalue weighted by atomic mass is 15.1. The maximum absolute atomic E-state index is 4.23. The zero-order valence-electron chi connectivity index (χ0n) is 13.6. The molecule has 0 bridgehead atoms. The van der Waals surface area contributed by atoms with Crippen LogP contribution in [0.3, 0.4) is 0 Å². The van der Waals surface area contributed by atoms with E-state index in [0.717, 1.165) is 19.5 Å². The fourth-order valence-electron chi connectivity index (χ4n) is 2.69. The lowest BCUT2D eigenvalue weighted by atomic mass is 9.95. The summed E-state index contributed by atoms with van der Waals surface area (Å²) in [6.45, 7) is 10.7. The Kier molecular flexibility index (Phi) is 5.57. The third kappa shape index (κ3) is 3.94. The van der Waals surface area contributed by atoms with Gasteiger partial charge in [-0.05, 0) is 30.4 Å². The molecule has 0 saturated heterocycles. The van der Waals surface area contributed by atoms with Gasteiger partial charge in [0.25, 0.3) is 0 Å². The van der Waals surface area contributed by atoms with Gasteiger partial charge in [-0.2, -0.15) is 0 Å². The minimum atomic E-state index is 0.371. The van der Waals surface area contributed by atoms with Gasteiger partial charge in [0.1, 0.15) is 0 Å². The molecule has 3 nitrogen and oxygen atoms in total. The van der Waals surface area contributed by atoms with E-state index in [2.05, 4.69) is 66.8 Å². The Hall–Kier alpha value is -1.61. The molecule has 0 aliphatic carbocycles. The number of nitrogens with one attached hydrogen (secondary N) is 1. The number of imidazole rings is 1. The minimum absolute atomic E-state index is 0.371. The number of hydrogen-bond donors (Lipinski definition) is 1. The van der Waals surface area contributed by atoms with Gasteiger partial charge in [0.15, 0.2) is 0 Å². The monoisotopic (exact) mass is 285 g/mol. The van der Waals surface area contributed by atoms with Crippen molar-refractivity contribution in [3.63, 3.8) is 0 Å². The Morgan fingerprint density at radius 2 is 1.86 bits per heavy atom. The second kappa shape index (κ2) is 7.41. The lowest BCUT2D eigenvalue weighted by molar-refractivity contribution is 0.405. The molecule has 1 heterocycles. The first-order chi connectivity index (χ1) is 10.2. The van der Waals surface area contributed by atoms with Crippen LogP contribution in [-0.2, 0) is 19.5 Å². The molecule has 0 fully saturated rings. The molecule has 1 N–H and O–H groups in total. The van der Waals surface area contributed by atoms with Gasteiger partial charge in [-0.3, -0.25) is 0 Å². The molecule has 3 heteroatoms. The molecule has 1 atom stereocenters. The molecule has 1 aromatic heterocycles. The number of aryl methyl sites for hydroxylation is 2. The summed E-state index contributed by atoms with van der Waals surface area (Å²) in [4.78, 5) is 4.23. The van der Waals surface area contributed by atoms with Crippen LogP contribution in [-0.4, -0.2) is 9.55 Å². The minimum Gasteiger partial charge on any atom is -0.334 e. The van der Waals surface area contributed by atoms with Crippen molar-refractivity contribution < 1.29 is 0 Å². The number of hydrogen-bond acceptors (Lipinski definition) is 2. The predicted octanol–water partition coefficient (Wildman–Crippen LogP) is 3.95. The number of benzene rings is 1. The van der Waals surface area contributed by atoms with Gasteiger partial charge in [-0.1, -0.05) is 45.0 Å². The van der Waals surface area contributed by atoms with E-state index in [-0.39, 0.29) is 0 Å². The van der Waals surface area contributed by atoms with Gasteiger partial charge in [0, 0.05) is 25.3 Å². The van der Waals surface area contributed by atoms with Gasteiger partial charge in [-0.25, -0.2) is 4.98 Å². The highest BCUT2D eigenvalue weighted by Crippen LogP contribution is 2.22. The summed E-state index contributed by atoms with van der Waals surface area (Å²) in [6, 6.07) is 9.36. The number of aromatic nitrogens is 2. The fraction of sp³-hybridized carbons (Fsp3) is 0.500. The molecule has 2 rings (SSSR count). The molecule has 0 amide bonds. The first kappa shape index (κ1) is 15.8. The number of nitrogens with zero attached hydrogens (tertiary/aromatic N) is 2. The van der Waals surface area contributed by atoms with E-state index >= 15 is 0 Å². The van der Waals surface area contributed by atoms with E-state index < -0.39 is 0 Å². The summed E-state index contributed by atoms with van der Waals surface area (Å²) in [6.07, 6.45) is 4.95. The van der Waals surface area contributed by atoms with E-state index in [1.807, 2.05) is 12.5 Å². The van der Waals surface area contributed by atoms with Gasteiger partial charge in [0.2, 0.25) is 0 Å². The maximum Gasteiger partial charge on any atom is 0.0948 e. The van der Waals surface area contributed by atoms with E-state index in [1.54, 1.807) is 0 Å². The van der Waals surface area contributed by atoms with E-state index in [0.29, 0.717) is 12.0 Å². The molecule has 0 radical (unpaired) electrons. The average molecular weight is 285 g/mol. The van der Waals surface area contributed by atoms with Crippen molar-refractivity contribution in [3.8, 4) is 0 Å². The predicted molar refractivity (Wildman–Crippen MR) is 88.1 cm³/mol. The summed E-state index contributed by atoms with van der Waals surface area (Å²) < 4.78 is 2.19. The number of rotatable bonds is 7. The van der Waals surface area contributed by atoms with Gasteiger partial charge in [0.05, 0.1) is 12.0 Å². The standard InChI is InChI=1S/C18H27N3/c1-5-15-7-9-16(10-8-15)18(14(3)4)20-12-17-11-19-13-21(17)6-2/h7-11,13-14,18,20H,5-6,12H2,1-4H3. The Morgan fingerprint density at radius 1 is 1.14 bits per heavy atom. The smallest absolute Gasteiger partial charge is 0.0948 e. The van der Waals surface area contributed by atoms with Gasteiger partial charge < -0.3 is 9.88 Å².